The van der Waals surface area contributed by atoms with Crippen LogP contribution >= 0.6 is 0 Å². The molecule has 0 bridgehead atoms. The molecule has 0 spiro atoms. The molecular formula is C17H22N2O3. The summed E-state index contributed by atoms with van der Waals surface area (Å²) in [5, 5.41) is 2.89. The van der Waals surface area contributed by atoms with Crippen LogP contribution in [0.2, 0.25) is 0 Å². The Labute approximate surface area is 130 Å². The van der Waals surface area contributed by atoms with Crippen molar-refractivity contribution in [3.8, 4) is 5.75 Å². The van der Waals surface area contributed by atoms with E-state index >= 15 is 0 Å². The monoisotopic (exact) mass is 302 g/mol. The first kappa shape index (κ1) is 16.1. The van der Waals surface area contributed by atoms with Gasteiger partial charge in [-0.2, -0.15) is 0 Å². The second-order valence-electron chi connectivity index (χ2n) is 5.61. The Bertz CT molecular complexity index is 564. The summed E-state index contributed by atoms with van der Waals surface area (Å²) in [5.41, 5.74) is 0.705. The predicted molar refractivity (Wildman–Crippen MR) is 85.7 cm³/mol. The van der Waals surface area contributed by atoms with Gasteiger partial charge in [-0.25, -0.2) is 0 Å². The zero-order chi connectivity index (χ0) is 16.1. The zero-order valence-corrected chi connectivity index (χ0v) is 13.2. The van der Waals surface area contributed by atoms with Crippen LogP contribution in [0.1, 0.15) is 12.8 Å². The Balaban J connectivity index is 2.08. The number of rotatable bonds is 4. The molecule has 1 aliphatic rings. The Kier molecular flexibility index (Phi) is 5.20. The van der Waals surface area contributed by atoms with Gasteiger partial charge < -0.3 is 15.0 Å². The van der Waals surface area contributed by atoms with Crippen molar-refractivity contribution < 1.29 is 14.3 Å². The Hall–Kier alpha value is -2.30. The lowest BCUT2D eigenvalue weighted by atomic mass is 9.81. The summed E-state index contributed by atoms with van der Waals surface area (Å²) in [6.07, 6.45) is 5.14. The molecule has 0 aromatic heterocycles. The van der Waals surface area contributed by atoms with Crippen molar-refractivity contribution >= 4 is 17.5 Å². The van der Waals surface area contributed by atoms with Gasteiger partial charge in [0.1, 0.15) is 5.75 Å². The number of hydrogen-bond acceptors (Lipinski definition) is 3. The predicted octanol–water partition coefficient (Wildman–Crippen LogP) is 2.30. The van der Waals surface area contributed by atoms with E-state index in [0.717, 1.165) is 5.75 Å². The minimum atomic E-state index is -0.331. The molecule has 0 saturated heterocycles. The minimum Gasteiger partial charge on any atom is -0.497 e. The summed E-state index contributed by atoms with van der Waals surface area (Å²) < 4.78 is 5.09. The lowest BCUT2D eigenvalue weighted by Crippen LogP contribution is -2.40. The van der Waals surface area contributed by atoms with Crippen molar-refractivity contribution in [2.45, 2.75) is 12.8 Å². The average molecular weight is 302 g/mol. The van der Waals surface area contributed by atoms with Crippen LogP contribution in [0.5, 0.6) is 5.75 Å². The fraction of sp³-hybridized carbons (Fsp3) is 0.412. The molecule has 22 heavy (non-hydrogen) atoms. The van der Waals surface area contributed by atoms with Crippen LogP contribution in [0.4, 0.5) is 5.69 Å². The molecule has 118 valence electrons. The van der Waals surface area contributed by atoms with Crippen LogP contribution in [0.25, 0.3) is 0 Å². The molecule has 0 saturated carbocycles. The molecule has 0 aliphatic heterocycles. The van der Waals surface area contributed by atoms with Gasteiger partial charge >= 0.3 is 0 Å². The van der Waals surface area contributed by atoms with E-state index in [9.17, 15) is 9.59 Å². The molecule has 2 amide bonds. The molecule has 0 fully saturated rings. The lowest BCUT2D eigenvalue weighted by Gasteiger charge is -2.28. The van der Waals surface area contributed by atoms with Crippen LogP contribution in [0, 0.1) is 11.8 Å². The van der Waals surface area contributed by atoms with Crippen molar-refractivity contribution in [2.75, 3.05) is 26.5 Å². The average Bonchev–Trinajstić information content (AvgIpc) is 2.54. The van der Waals surface area contributed by atoms with E-state index in [1.165, 1.54) is 0 Å². The van der Waals surface area contributed by atoms with Gasteiger partial charge in [0, 0.05) is 19.8 Å². The number of ether oxygens (including phenoxy) is 1. The van der Waals surface area contributed by atoms with Crippen molar-refractivity contribution in [2.24, 2.45) is 11.8 Å². The van der Waals surface area contributed by atoms with Crippen LogP contribution < -0.4 is 10.1 Å². The number of anilines is 1. The van der Waals surface area contributed by atoms with E-state index in [2.05, 4.69) is 5.32 Å². The van der Waals surface area contributed by atoms with E-state index < -0.39 is 0 Å². The minimum absolute atomic E-state index is 0.000712. The third-order valence-electron chi connectivity index (χ3n) is 3.88. The molecule has 1 N–H and O–H groups in total. The second kappa shape index (κ2) is 7.11. The van der Waals surface area contributed by atoms with Gasteiger partial charge in [-0.1, -0.05) is 12.2 Å². The molecule has 2 unspecified atom stereocenters. The van der Waals surface area contributed by atoms with E-state index in [0.29, 0.717) is 18.5 Å². The molecule has 0 heterocycles. The largest absolute Gasteiger partial charge is 0.497 e. The van der Waals surface area contributed by atoms with Crippen molar-refractivity contribution in [1.29, 1.82) is 0 Å². The molecule has 5 heteroatoms. The van der Waals surface area contributed by atoms with Gasteiger partial charge in [0.05, 0.1) is 18.9 Å². The highest BCUT2D eigenvalue weighted by atomic mass is 16.5. The number of amides is 2. The first-order valence-electron chi connectivity index (χ1n) is 7.34. The summed E-state index contributed by atoms with van der Waals surface area (Å²) in [7, 11) is 5.04. The van der Waals surface area contributed by atoms with Gasteiger partial charge in [-0.05, 0) is 37.1 Å². The van der Waals surface area contributed by atoms with Crippen molar-refractivity contribution in [3.63, 3.8) is 0 Å². The van der Waals surface area contributed by atoms with Gasteiger partial charge in [0.15, 0.2) is 0 Å². The Morgan fingerprint density at radius 2 is 1.68 bits per heavy atom. The fourth-order valence-corrected chi connectivity index (χ4v) is 2.62. The number of benzene rings is 1. The Morgan fingerprint density at radius 1 is 1.09 bits per heavy atom. The summed E-state index contributed by atoms with van der Waals surface area (Å²) in [4.78, 5) is 26.3. The third kappa shape index (κ3) is 3.67. The van der Waals surface area contributed by atoms with Crippen LogP contribution in [0.15, 0.2) is 36.4 Å². The highest BCUT2D eigenvalue weighted by Crippen LogP contribution is 2.28. The maximum Gasteiger partial charge on any atom is 0.228 e. The first-order chi connectivity index (χ1) is 10.5. The number of allylic oxidation sites excluding steroid dienone is 2. The summed E-state index contributed by atoms with van der Waals surface area (Å²) >= 11 is 0. The number of nitrogens with one attached hydrogen (secondary N) is 1. The molecule has 1 aromatic rings. The van der Waals surface area contributed by atoms with E-state index in [1.54, 1.807) is 50.4 Å². The molecule has 2 rings (SSSR count). The number of methoxy groups -OCH3 is 1. The van der Waals surface area contributed by atoms with Crippen molar-refractivity contribution in [3.05, 3.63) is 36.4 Å². The standard InChI is InChI=1S/C17H22N2O3/c1-19(2)17(21)15-7-5-4-6-14(15)16(20)18-12-8-10-13(22-3)11-9-12/h4-5,8-11,14-15H,6-7H2,1-3H3,(H,18,20). The van der Waals surface area contributed by atoms with E-state index in [-0.39, 0.29) is 23.7 Å². The smallest absolute Gasteiger partial charge is 0.228 e. The third-order valence-corrected chi connectivity index (χ3v) is 3.88. The van der Waals surface area contributed by atoms with Crippen LogP contribution in [0.3, 0.4) is 0 Å². The van der Waals surface area contributed by atoms with Gasteiger partial charge in [-0.3, -0.25) is 9.59 Å². The molecular weight excluding hydrogens is 280 g/mol. The normalized spacial score (nSPS) is 20.3. The number of nitrogens with zero attached hydrogens (tertiary/aromatic N) is 1. The molecule has 0 radical (unpaired) electrons. The van der Waals surface area contributed by atoms with Gasteiger partial charge in [-0.15, -0.1) is 0 Å². The lowest BCUT2D eigenvalue weighted by molar-refractivity contribution is -0.138. The molecule has 2 atom stereocenters. The van der Waals surface area contributed by atoms with E-state index in [4.69, 9.17) is 4.74 Å². The topological polar surface area (TPSA) is 58.6 Å². The Morgan fingerprint density at radius 3 is 2.23 bits per heavy atom. The SMILES string of the molecule is COc1ccc(NC(=O)C2CC=CCC2C(=O)N(C)C)cc1. The molecule has 1 aromatic carbocycles. The number of hydrogen-bond donors (Lipinski definition) is 1. The number of carbonyl (C=O) groups is 2. The van der Waals surface area contributed by atoms with Crippen molar-refractivity contribution in [1.82, 2.24) is 4.90 Å². The summed E-state index contributed by atoms with van der Waals surface area (Å²) in [6, 6.07) is 7.16. The maximum atomic E-state index is 12.5. The first-order valence-corrected chi connectivity index (χ1v) is 7.34. The highest BCUT2D eigenvalue weighted by molar-refractivity contribution is 5.96. The maximum absolute atomic E-state index is 12.5. The fourth-order valence-electron chi connectivity index (χ4n) is 2.62. The van der Waals surface area contributed by atoms with Crippen LogP contribution in [-0.2, 0) is 9.59 Å². The zero-order valence-electron chi connectivity index (χ0n) is 13.2. The summed E-state index contributed by atoms with van der Waals surface area (Å²) in [5.74, 6) is -0.00606. The highest BCUT2D eigenvalue weighted by Gasteiger charge is 2.34. The second-order valence-corrected chi connectivity index (χ2v) is 5.61. The molecule has 1 aliphatic carbocycles. The molecule has 5 nitrogen and oxygen atoms in total. The van der Waals surface area contributed by atoms with Gasteiger partial charge in [0.2, 0.25) is 11.8 Å². The van der Waals surface area contributed by atoms with E-state index in [1.807, 2.05) is 12.2 Å². The summed E-state index contributed by atoms with van der Waals surface area (Å²) in [6.45, 7) is 0. The van der Waals surface area contributed by atoms with Crippen LogP contribution in [-0.4, -0.2) is 37.9 Å². The van der Waals surface area contributed by atoms with Gasteiger partial charge in [0.25, 0.3) is 0 Å². The quantitative estimate of drug-likeness (QED) is 0.868. The number of carbonyl (C=O) groups excluding carboxylic acids is 2.